The minimum absolute atomic E-state index is 0.121. The lowest BCUT2D eigenvalue weighted by Gasteiger charge is -2.29. The molecular formula is C19H25N3OS. The average Bonchev–Trinajstić information content (AvgIpc) is 3.28. The van der Waals surface area contributed by atoms with Gasteiger partial charge in [-0.1, -0.05) is 30.3 Å². The van der Waals surface area contributed by atoms with Gasteiger partial charge in [0.15, 0.2) is 5.16 Å². The summed E-state index contributed by atoms with van der Waals surface area (Å²) in [5.41, 5.74) is 1.96. The number of rotatable bonds is 5. The van der Waals surface area contributed by atoms with Crippen molar-refractivity contribution < 1.29 is 4.79 Å². The molecule has 0 aliphatic heterocycles. The predicted octanol–water partition coefficient (Wildman–Crippen LogP) is 3.98. The van der Waals surface area contributed by atoms with Crippen molar-refractivity contribution >= 4 is 28.7 Å². The number of aromatic nitrogens is 2. The van der Waals surface area contributed by atoms with Gasteiger partial charge in [-0.25, -0.2) is 4.98 Å². The van der Waals surface area contributed by atoms with E-state index in [-0.39, 0.29) is 17.2 Å². The maximum Gasteiger partial charge on any atom is 0.233 e. The van der Waals surface area contributed by atoms with Crippen molar-refractivity contribution in [2.75, 3.05) is 0 Å². The van der Waals surface area contributed by atoms with Gasteiger partial charge in [0.2, 0.25) is 5.91 Å². The number of para-hydroxylation sites is 2. The molecule has 2 saturated carbocycles. The molecule has 1 aromatic heterocycles. The van der Waals surface area contributed by atoms with E-state index in [0.717, 1.165) is 28.0 Å². The van der Waals surface area contributed by atoms with Crippen LogP contribution in [0.25, 0.3) is 11.0 Å². The topological polar surface area (TPSA) is 57.8 Å². The fourth-order valence-electron chi connectivity index (χ4n) is 4.56. The highest BCUT2D eigenvalue weighted by Crippen LogP contribution is 2.49. The summed E-state index contributed by atoms with van der Waals surface area (Å²) in [6.45, 7) is 4.14. The van der Waals surface area contributed by atoms with E-state index in [1.54, 1.807) is 0 Å². The summed E-state index contributed by atoms with van der Waals surface area (Å²) in [5.74, 6) is 2.55. The second kappa shape index (κ2) is 6.43. The fraction of sp³-hybridized carbons (Fsp3) is 0.579. The zero-order valence-corrected chi connectivity index (χ0v) is 15.1. The predicted molar refractivity (Wildman–Crippen MR) is 98.0 cm³/mol. The number of carbonyl (C=O) groups is 1. The van der Waals surface area contributed by atoms with Gasteiger partial charge >= 0.3 is 0 Å². The highest BCUT2D eigenvalue weighted by molar-refractivity contribution is 8.00. The number of fused-ring (bicyclic) bond motifs is 3. The Kier molecular flexibility index (Phi) is 4.29. The van der Waals surface area contributed by atoms with Crippen LogP contribution >= 0.6 is 11.8 Å². The van der Waals surface area contributed by atoms with Gasteiger partial charge in [0.1, 0.15) is 0 Å². The minimum atomic E-state index is -0.147. The minimum Gasteiger partial charge on any atom is -0.352 e. The van der Waals surface area contributed by atoms with Crippen molar-refractivity contribution in [1.82, 2.24) is 15.3 Å². The maximum absolute atomic E-state index is 12.6. The summed E-state index contributed by atoms with van der Waals surface area (Å²) in [6, 6.07) is 8.24. The van der Waals surface area contributed by atoms with E-state index in [1.807, 2.05) is 31.2 Å². The van der Waals surface area contributed by atoms with Crippen molar-refractivity contribution in [2.24, 2.45) is 17.8 Å². The first kappa shape index (κ1) is 16.0. The normalized spacial score (nSPS) is 28.2. The largest absolute Gasteiger partial charge is 0.352 e. The molecule has 2 N–H and O–H groups in total. The molecule has 2 fully saturated rings. The smallest absolute Gasteiger partial charge is 0.233 e. The fourth-order valence-corrected chi connectivity index (χ4v) is 5.39. The van der Waals surface area contributed by atoms with Crippen LogP contribution in [-0.4, -0.2) is 27.2 Å². The molecule has 4 nitrogen and oxygen atoms in total. The van der Waals surface area contributed by atoms with Crippen LogP contribution in [0.2, 0.25) is 0 Å². The number of hydrogen-bond donors (Lipinski definition) is 2. The Bertz CT molecular complexity index is 710. The molecule has 0 saturated heterocycles. The summed E-state index contributed by atoms with van der Waals surface area (Å²) >= 11 is 1.50. The van der Waals surface area contributed by atoms with Crippen LogP contribution in [0.1, 0.15) is 39.5 Å². The molecule has 0 unspecified atom stereocenters. The van der Waals surface area contributed by atoms with Gasteiger partial charge in [-0.2, -0.15) is 0 Å². The van der Waals surface area contributed by atoms with Crippen LogP contribution in [0.15, 0.2) is 29.4 Å². The third-order valence-electron chi connectivity index (χ3n) is 5.83. The van der Waals surface area contributed by atoms with Gasteiger partial charge in [-0.3, -0.25) is 4.79 Å². The number of thioether (sulfide) groups is 1. The zero-order valence-electron chi connectivity index (χ0n) is 14.3. The molecular weight excluding hydrogens is 318 g/mol. The number of hydrogen-bond acceptors (Lipinski definition) is 3. The second-order valence-corrected chi connectivity index (χ2v) is 8.78. The van der Waals surface area contributed by atoms with Crippen molar-refractivity contribution in [2.45, 2.75) is 56.0 Å². The maximum atomic E-state index is 12.6. The summed E-state index contributed by atoms with van der Waals surface area (Å²) in [4.78, 5) is 20.4. The number of benzene rings is 1. The van der Waals surface area contributed by atoms with Crippen LogP contribution in [0, 0.1) is 17.8 Å². The lowest BCUT2D eigenvalue weighted by Crippen LogP contribution is -2.43. The number of amides is 1. The highest BCUT2D eigenvalue weighted by atomic mass is 32.2. The number of nitrogens with one attached hydrogen (secondary N) is 2. The van der Waals surface area contributed by atoms with Crippen LogP contribution in [0.5, 0.6) is 0 Å². The van der Waals surface area contributed by atoms with Crippen molar-refractivity contribution in [3.8, 4) is 0 Å². The molecule has 1 aromatic carbocycles. The van der Waals surface area contributed by atoms with E-state index in [9.17, 15) is 4.79 Å². The number of aromatic amines is 1. The summed E-state index contributed by atoms with van der Waals surface area (Å²) in [7, 11) is 0. The molecule has 1 heterocycles. The molecule has 0 radical (unpaired) electrons. The summed E-state index contributed by atoms with van der Waals surface area (Å²) in [6.07, 6.45) is 5.45. The first-order valence-corrected chi connectivity index (χ1v) is 9.90. The number of carbonyl (C=O) groups excluding carboxylic acids is 1. The molecule has 0 spiro atoms. The van der Waals surface area contributed by atoms with Gasteiger partial charge in [0.25, 0.3) is 0 Å². The van der Waals surface area contributed by atoms with Gasteiger partial charge in [0.05, 0.1) is 16.3 Å². The Morgan fingerprint density at radius 3 is 2.83 bits per heavy atom. The Balaban J connectivity index is 1.35. The Labute approximate surface area is 147 Å². The van der Waals surface area contributed by atoms with Gasteiger partial charge in [0, 0.05) is 6.04 Å². The first-order chi connectivity index (χ1) is 11.6. The number of H-pyrrole nitrogens is 1. The SMILES string of the molecule is C[C@H](Sc1nc2ccccc2[nH]1)C(=O)N[C@H](C)[C@@H]1C[C@@H]2CC[C@@H]1C2. The molecule has 1 amide bonds. The van der Waals surface area contributed by atoms with Gasteiger partial charge in [-0.05, 0) is 63.0 Å². The molecule has 2 aliphatic carbocycles. The van der Waals surface area contributed by atoms with Crippen LogP contribution in [0.4, 0.5) is 0 Å². The molecule has 24 heavy (non-hydrogen) atoms. The van der Waals surface area contributed by atoms with Crippen molar-refractivity contribution in [1.29, 1.82) is 0 Å². The number of nitrogens with zero attached hydrogens (tertiary/aromatic N) is 1. The number of imidazole rings is 1. The summed E-state index contributed by atoms with van der Waals surface area (Å²) < 4.78 is 0. The molecule has 5 atom stereocenters. The monoisotopic (exact) mass is 343 g/mol. The molecule has 2 aliphatic rings. The third kappa shape index (κ3) is 3.06. The van der Waals surface area contributed by atoms with E-state index < -0.39 is 0 Å². The van der Waals surface area contributed by atoms with Crippen molar-refractivity contribution in [3.05, 3.63) is 24.3 Å². The first-order valence-electron chi connectivity index (χ1n) is 9.02. The lowest BCUT2D eigenvalue weighted by atomic mass is 9.84. The van der Waals surface area contributed by atoms with Gasteiger partial charge < -0.3 is 10.3 Å². The standard InChI is InChI=1S/C19H25N3OS/c1-11(15-10-13-7-8-14(15)9-13)20-18(23)12(2)24-19-21-16-5-3-4-6-17(16)22-19/h3-6,11-15H,7-10H2,1-2H3,(H,20,23)(H,21,22)/t11-,12+,13-,14-,15+/m1/s1. The summed E-state index contributed by atoms with van der Waals surface area (Å²) in [5, 5.41) is 3.92. The zero-order chi connectivity index (χ0) is 16.7. The molecule has 5 heteroatoms. The lowest BCUT2D eigenvalue weighted by molar-refractivity contribution is -0.121. The van der Waals surface area contributed by atoms with Gasteiger partial charge in [-0.15, -0.1) is 0 Å². The Morgan fingerprint density at radius 1 is 1.29 bits per heavy atom. The highest BCUT2D eigenvalue weighted by Gasteiger charge is 2.42. The van der Waals surface area contributed by atoms with E-state index in [4.69, 9.17) is 0 Å². The third-order valence-corrected chi connectivity index (χ3v) is 6.81. The van der Waals surface area contributed by atoms with Crippen LogP contribution in [-0.2, 0) is 4.79 Å². The van der Waals surface area contributed by atoms with E-state index in [2.05, 4.69) is 22.2 Å². The quantitative estimate of drug-likeness (QED) is 0.807. The molecule has 128 valence electrons. The average molecular weight is 343 g/mol. The molecule has 2 bridgehead atoms. The van der Waals surface area contributed by atoms with E-state index >= 15 is 0 Å². The van der Waals surface area contributed by atoms with Crippen LogP contribution in [0.3, 0.4) is 0 Å². The van der Waals surface area contributed by atoms with Crippen molar-refractivity contribution in [3.63, 3.8) is 0 Å². The molecule has 4 rings (SSSR count). The van der Waals surface area contributed by atoms with E-state index in [0.29, 0.717) is 5.92 Å². The van der Waals surface area contributed by atoms with E-state index in [1.165, 1.54) is 37.4 Å². The second-order valence-electron chi connectivity index (χ2n) is 7.46. The Morgan fingerprint density at radius 2 is 2.12 bits per heavy atom. The molecule has 2 aromatic rings. The van der Waals surface area contributed by atoms with Crippen LogP contribution < -0.4 is 5.32 Å². The Hall–Kier alpha value is -1.49.